The third-order valence-electron chi connectivity index (χ3n) is 1.53. The van der Waals surface area contributed by atoms with Gasteiger partial charge in [-0.3, -0.25) is 0 Å². The first kappa shape index (κ1) is 10.7. The molecule has 0 aliphatic carbocycles. The van der Waals surface area contributed by atoms with E-state index in [-0.39, 0.29) is 0 Å². The van der Waals surface area contributed by atoms with E-state index in [0.717, 1.165) is 24.0 Å². The number of rotatable bonds is 4. The van der Waals surface area contributed by atoms with E-state index in [1.807, 2.05) is 39.0 Å². The third-order valence-corrected chi connectivity index (χ3v) is 1.53. The molecule has 5 heteroatoms. The second-order valence-corrected chi connectivity index (χ2v) is 3.22. The lowest BCUT2D eigenvalue weighted by molar-refractivity contribution is 0.492. The van der Waals surface area contributed by atoms with Gasteiger partial charge >= 0.3 is 0 Å². The Labute approximate surface area is 84.5 Å². The molecule has 0 unspecified atom stereocenters. The summed E-state index contributed by atoms with van der Waals surface area (Å²) in [4.78, 5) is 8.50. The average molecular weight is 195 g/mol. The quantitative estimate of drug-likeness (QED) is 0.705. The number of aryl methyl sites for hydroxylation is 1. The normalized spacial score (nSPS) is 10.4. The van der Waals surface area contributed by atoms with Gasteiger partial charge in [0.1, 0.15) is 17.5 Å². The predicted octanol–water partition coefficient (Wildman–Crippen LogP) is 1.11. The van der Waals surface area contributed by atoms with E-state index in [9.17, 15) is 0 Å². The zero-order valence-corrected chi connectivity index (χ0v) is 9.13. The van der Waals surface area contributed by atoms with Gasteiger partial charge in [0, 0.05) is 26.7 Å². The largest absolute Gasteiger partial charge is 0.370 e. The maximum atomic E-state index is 4.25. The molecule has 0 aromatic carbocycles. The van der Waals surface area contributed by atoms with Crippen LogP contribution in [0.1, 0.15) is 12.7 Å². The fourth-order valence-electron chi connectivity index (χ4n) is 1.13. The van der Waals surface area contributed by atoms with Crippen molar-refractivity contribution in [3.8, 4) is 0 Å². The van der Waals surface area contributed by atoms with E-state index < -0.39 is 0 Å². The molecule has 14 heavy (non-hydrogen) atoms. The van der Waals surface area contributed by atoms with E-state index >= 15 is 0 Å². The molecule has 0 radical (unpaired) electrons. The van der Waals surface area contributed by atoms with Gasteiger partial charge in [0.25, 0.3) is 0 Å². The summed E-state index contributed by atoms with van der Waals surface area (Å²) in [6, 6.07) is 1.89. The van der Waals surface area contributed by atoms with Crippen molar-refractivity contribution in [2.45, 2.75) is 13.8 Å². The highest BCUT2D eigenvalue weighted by Crippen LogP contribution is 2.10. The van der Waals surface area contributed by atoms with Crippen LogP contribution in [0.2, 0.25) is 0 Å². The summed E-state index contributed by atoms with van der Waals surface area (Å²) in [5.74, 6) is 2.41. The van der Waals surface area contributed by atoms with Crippen LogP contribution in [0.5, 0.6) is 0 Å². The van der Waals surface area contributed by atoms with Crippen molar-refractivity contribution in [3.63, 3.8) is 0 Å². The van der Waals surface area contributed by atoms with Crippen molar-refractivity contribution in [2.24, 2.45) is 0 Å². The Morgan fingerprint density at radius 1 is 1.29 bits per heavy atom. The summed E-state index contributed by atoms with van der Waals surface area (Å²) in [6.45, 7) is 4.77. The third kappa shape index (κ3) is 3.18. The summed E-state index contributed by atoms with van der Waals surface area (Å²) in [5.41, 5.74) is 3.09. The first-order valence-corrected chi connectivity index (χ1v) is 4.65. The van der Waals surface area contributed by atoms with E-state index in [1.54, 1.807) is 0 Å². The Hall–Kier alpha value is -1.36. The Balaban J connectivity index is 2.83. The van der Waals surface area contributed by atoms with Crippen molar-refractivity contribution in [1.29, 1.82) is 0 Å². The minimum absolute atomic E-state index is 0.757. The first-order chi connectivity index (χ1) is 6.61. The van der Waals surface area contributed by atoms with Gasteiger partial charge in [0.15, 0.2) is 0 Å². The van der Waals surface area contributed by atoms with E-state index in [4.69, 9.17) is 0 Å². The van der Waals surface area contributed by atoms with Crippen LogP contribution in [-0.2, 0) is 0 Å². The maximum absolute atomic E-state index is 4.25. The molecule has 0 spiro atoms. The molecule has 0 saturated heterocycles. The van der Waals surface area contributed by atoms with Crippen molar-refractivity contribution < 1.29 is 0 Å². The summed E-state index contributed by atoms with van der Waals surface area (Å²) in [5, 5.41) is 5.00. The van der Waals surface area contributed by atoms with Crippen LogP contribution < -0.4 is 10.7 Å². The van der Waals surface area contributed by atoms with Crippen LogP contribution in [0.15, 0.2) is 6.07 Å². The molecule has 0 aliphatic rings. The molecule has 0 bridgehead atoms. The highest BCUT2D eigenvalue weighted by Gasteiger charge is 2.00. The molecule has 1 aromatic rings. The topological polar surface area (TPSA) is 53.1 Å². The van der Waals surface area contributed by atoms with E-state index in [1.165, 1.54) is 0 Å². The van der Waals surface area contributed by atoms with Gasteiger partial charge in [0.05, 0.1) is 0 Å². The molecule has 0 fully saturated rings. The number of anilines is 2. The standard InChI is InChI=1S/C9H17N5/c1-5-10-8-6-9(13-14(3)4)12-7(2)11-8/h6H,5H2,1-4H3,(H2,10,11,12,13). The van der Waals surface area contributed by atoms with Gasteiger partial charge in [-0.05, 0) is 13.8 Å². The minimum atomic E-state index is 0.757. The lowest BCUT2D eigenvalue weighted by atomic mass is 10.5. The number of nitrogens with one attached hydrogen (secondary N) is 2. The van der Waals surface area contributed by atoms with Gasteiger partial charge in [-0.1, -0.05) is 0 Å². The van der Waals surface area contributed by atoms with Gasteiger partial charge < -0.3 is 10.7 Å². The molecule has 1 aromatic heterocycles. The molecule has 5 nitrogen and oxygen atoms in total. The molecule has 0 amide bonds. The predicted molar refractivity (Wildman–Crippen MR) is 58.2 cm³/mol. The molecule has 0 saturated carbocycles. The Morgan fingerprint density at radius 2 is 1.93 bits per heavy atom. The lowest BCUT2D eigenvalue weighted by Gasteiger charge is -2.13. The van der Waals surface area contributed by atoms with Gasteiger partial charge in [-0.25, -0.2) is 15.0 Å². The Morgan fingerprint density at radius 3 is 2.50 bits per heavy atom. The molecule has 1 rings (SSSR count). The highest BCUT2D eigenvalue weighted by atomic mass is 15.5. The van der Waals surface area contributed by atoms with Crippen LogP contribution >= 0.6 is 0 Å². The molecule has 1 heterocycles. The van der Waals surface area contributed by atoms with Gasteiger partial charge in [-0.15, -0.1) is 0 Å². The lowest BCUT2D eigenvalue weighted by Crippen LogP contribution is -2.21. The van der Waals surface area contributed by atoms with E-state index in [2.05, 4.69) is 20.7 Å². The number of hydrogen-bond donors (Lipinski definition) is 2. The van der Waals surface area contributed by atoms with Gasteiger partial charge in [-0.2, -0.15) is 0 Å². The zero-order chi connectivity index (χ0) is 10.6. The van der Waals surface area contributed by atoms with Crippen LogP contribution in [0.25, 0.3) is 0 Å². The second kappa shape index (κ2) is 4.76. The zero-order valence-electron chi connectivity index (χ0n) is 9.13. The average Bonchev–Trinajstić information content (AvgIpc) is 2.01. The smallest absolute Gasteiger partial charge is 0.146 e. The highest BCUT2D eigenvalue weighted by molar-refractivity contribution is 5.46. The number of hydrogen-bond acceptors (Lipinski definition) is 5. The second-order valence-electron chi connectivity index (χ2n) is 3.22. The Kier molecular flexibility index (Phi) is 3.64. The van der Waals surface area contributed by atoms with Crippen LogP contribution in [0, 0.1) is 6.92 Å². The number of hydrazine groups is 1. The SMILES string of the molecule is CCNc1cc(NN(C)C)nc(C)n1. The molecule has 2 N–H and O–H groups in total. The molecule has 78 valence electrons. The summed E-state index contributed by atoms with van der Waals surface area (Å²) >= 11 is 0. The molecular weight excluding hydrogens is 178 g/mol. The first-order valence-electron chi connectivity index (χ1n) is 4.65. The summed E-state index contributed by atoms with van der Waals surface area (Å²) in [7, 11) is 3.84. The van der Waals surface area contributed by atoms with Crippen LogP contribution in [0.3, 0.4) is 0 Å². The fourth-order valence-corrected chi connectivity index (χ4v) is 1.13. The van der Waals surface area contributed by atoms with Gasteiger partial charge in [0.2, 0.25) is 0 Å². The van der Waals surface area contributed by atoms with Crippen LogP contribution in [-0.4, -0.2) is 35.6 Å². The summed E-state index contributed by atoms with van der Waals surface area (Å²) in [6.07, 6.45) is 0. The Bertz CT molecular complexity index is 297. The van der Waals surface area contributed by atoms with Crippen molar-refractivity contribution >= 4 is 11.6 Å². The maximum Gasteiger partial charge on any atom is 0.146 e. The number of nitrogens with zero attached hydrogens (tertiary/aromatic N) is 3. The van der Waals surface area contributed by atoms with Crippen LogP contribution in [0.4, 0.5) is 11.6 Å². The van der Waals surface area contributed by atoms with E-state index in [0.29, 0.717) is 0 Å². The monoisotopic (exact) mass is 195 g/mol. The minimum Gasteiger partial charge on any atom is -0.370 e. The molecule has 0 atom stereocenters. The molecular formula is C9H17N5. The number of aromatic nitrogens is 2. The van der Waals surface area contributed by atoms with Crippen molar-refractivity contribution in [2.75, 3.05) is 31.4 Å². The van der Waals surface area contributed by atoms with Crippen molar-refractivity contribution in [1.82, 2.24) is 15.0 Å². The molecule has 0 aliphatic heterocycles. The fraction of sp³-hybridized carbons (Fsp3) is 0.556. The summed E-state index contributed by atoms with van der Waals surface area (Å²) < 4.78 is 0. The van der Waals surface area contributed by atoms with Crippen molar-refractivity contribution in [3.05, 3.63) is 11.9 Å².